The monoisotopic (exact) mass is 231 g/mol. The molecule has 0 aliphatic carbocycles. The Morgan fingerprint density at radius 2 is 1.50 bits per heavy atom. The second kappa shape index (κ2) is 5.30. The third-order valence-electron chi connectivity index (χ3n) is 2.49. The van der Waals surface area contributed by atoms with E-state index in [9.17, 15) is 9.59 Å². The summed E-state index contributed by atoms with van der Waals surface area (Å²) in [5, 5.41) is 0. The van der Waals surface area contributed by atoms with Crippen LogP contribution in [-0.2, 0) is 19.2 Å². The highest BCUT2D eigenvalue weighted by atomic mass is 16.7. The highest BCUT2D eigenvalue weighted by Gasteiger charge is 2.47. The summed E-state index contributed by atoms with van der Waals surface area (Å²) in [6, 6.07) is 0. The van der Waals surface area contributed by atoms with E-state index in [0.717, 1.165) is 0 Å². The van der Waals surface area contributed by atoms with Gasteiger partial charge in [0.2, 0.25) is 0 Å². The predicted octanol–water partition coefficient (Wildman–Crippen LogP) is 1.55. The molecular weight excluding hydrogens is 210 g/mol. The molecule has 0 spiro atoms. The lowest BCUT2D eigenvalue weighted by atomic mass is 9.82. The summed E-state index contributed by atoms with van der Waals surface area (Å²) in [4.78, 5) is 27.7. The maximum Gasteiger partial charge on any atom is 0.341 e. The quantitative estimate of drug-likeness (QED) is 0.451. The lowest BCUT2D eigenvalue weighted by molar-refractivity contribution is -0.180. The SMILES string of the molecule is CCC(CC)(C(=O)ON)C(=O)OC(C)(C)C. The van der Waals surface area contributed by atoms with Crippen LogP contribution in [0.3, 0.4) is 0 Å². The molecule has 5 heteroatoms. The van der Waals surface area contributed by atoms with Gasteiger partial charge < -0.3 is 9.57 Å². The Morgan fingerprint density at radius 1 is 1.06 bits per heavy atom. The molecule has 5 nitrogen and oxygen atoms in total. The Kier molecular flexibility index (Phi) is 4.93. The summed E-state index contributed by atoms with van der Waals surface area (Å²) in [5.74, 6) is 3.53. The van der Waals surface area contributed by atoms with Gasteiger partial charge in [-0.3, -0.25) is 4.79 Å². The smallest absolute Gasteiger partial charge is 0.341 e. The topological polar surface area (TPSA) is 78.6 Å². The normalized spacial score (nSPS) is 12.1. The Labute approximate surface area is 96.2 Å². The van der Waals surface area contributed by atoms with Gasteiger partial charge in [-0.25, -0.2) is 4.79 Å². The van der Waals surface area contributed by atoms with Crippen LogP contribution in [0.15, 0.2) is 0 Å². The van der Waals surface area contributed by atoms with E-state index in [2.05, 4.69) is 4.84 Å². The van der Waals surface area contributed by atoms with E-state index in [1.54, 1.807) is 34.6 Å². The molecule has 0 saturated heterocycles. The maximum atomic E-state index is 12.0. The molecule has 0 aromatic carbocycles. The van der Waals surface area contributed by atoms with Crippen molar-refractivity contribution in [3.63, 3.8) is 0 Å². The van der Waals surface area contributed by atoms with Gasteiger partial charge in [0.25, 0.3) is 0 Å². The third-order valence-corrected chi connectivity index (χ3v) is 2.49. The maximum absolute atomic E-state index is 12.0. The number of carbonyl (C=O) groups excluding carboxylic acids is 2. The van der Waals surface area contributed by atoms with Crippen molar-refractivity contribution in [2.75, 3.05) is 0 Å². The van der Waals surface area contributed by atoms with Gasteiger partial charge in [-0.1, -0.05) is 13.8 Å². The van der Waals surface area contributed by atoms with E-state index in [0.29, 0.717) is 12.8 Å². The lowest BCUT2D eigenvalue weighted by Crippen LogP contribution is -2.44. The van der Waals surface area contributed by atoms with Gasteiger partial charge in [0, 0.05) is 0 Å². The molecule has 16 heavy (non-hydrogen) atoms. The molecule has 0 aromatic heterocycles. The van der Waals surface area contributed by atoms with Crippen molar-refractivity contribution >= 4 is 11.9 Å². The first-order chi connectivity index (χ1) is 7.23. The number of hydrogen-bond acceptors (Lipinski definition) is 5. The highest BCUT2D eigenvalue weighted by molar-refractivity contribution is 5.99. The van der Waals surface area contributed by atoms with Crippen LogP contribution >= 0.6 is 0 Å². The van der Waals surface area contributed by atoms with Crippen molar-refractivity contribution in [2.45, 2.75) is 53.1 Å². The third kappa shape index (κ3) is 3.20. The zero-order valence-electron chi connectivity index (χ0n) is 10.6. The molecule has 0 bridgehead atoms. The molecule has 94 valence electrons. The van der Waals surface area contributed by atoms with Gasteiger partial charge in [0.15, 0.2) is 5.41 Å². The second-order valence-corrected chi connectivity index (χ2v) is 4.70. The summed E-state index contributed by atoms with van der Waals surface area (Å²) in [6.07, 6.45) is 0.600. The van der Waals surface area contributed by atoms with E-state index in [1.807, 2.05) is 0 Å². The fourth-order valence-electron chi connectivity index (χ4n) is 1.40. The summed E-state index contributed by atoms with van der Waals surface area (Å²) in [5.41, 5.74) is -1.93. The second-order valence-electron chi connectivity index (χ2n) is 4.70. The number of ether oxygens (including phenoxy) is 1. The molecule has 0 atom stereocenters. The van der Waals surface area contributed by atoms with E-state index < -0.39 is 23.0 Å². The molecular formula is C11H21NO4. The van der Waals surface area contributed by atoms with E-state index >= 15 is 0 Å². The minimum atomic E-state index is -1.29. The number of rotatable bonds is 4. The molecule has 0 rings (SSSR count). The summed E-state index contributed by atoms with van der Waals surface area (Å²) in [7, 11) is 0. The van der Waals surface area contributed by atoms with Gasteiger partial charge in [-0.15, -0.1) is 0 Å². The molecule has 0 saturated carbocycles. The van der Waals surface area contributed by atoms with Crippen molar-refractivity contribution in [3.05, 3.63) is 0 Å². The van der Waals surface area contributed by atoms with Gasteiger partial charge in [0.05, 0.1) is 0 Å². The first-order valence-electron chi connectivity index (χ1n) is 5.38. The van der Waals surface area contributed by atoms with Crippen molar-refractivity contribution < 1.29 is 19.2 Å². The Hall–Kier alpha value is -1.10. The molecule has 0 fully saturated rings. The molecule has 0 unspecified atom stereocenters. The number of esters is 1. The summed E-state index contributed by atoms with van der Waals surface area (Å²) < 4.78 is 5.21. The standard InChI is InChI=1S/C11H21NO4/c1-6-11(7-2,9(14)16-12)8(13)15-10(3,4)5/h6-7,12H2,1-5H3. The van der Waals surface area contributed by atoms with E-state index in [1.165, 1.54) is 0 Å². The molecule has 0 aliphatic rings. The Morgan fingerprint density at radius 3 is 1.75 bits per heavy atom. The molecule has 0 amide bonds. The minimum absolute atomic E-state index is 0.300. The van der Waals surface area contributed by atoms with Gasteiger partial charge in [-0.05, 0) is 33.6 Å². The van der Waals surface area contributed by atoms with Crippen LogP contribution in [-0.4, -0.2) is 17.5 Å². The zero-order chi connectivity index (χ0) is 13.0. The van der Waals surface area contributed by atoms with Gasteiger partial charge in [-0.2, -0.15) is 5.90 Å². The highest BCUT2D eigenvalue weighted by Crippen LogP contribution is 2.31. The molecule has 0 aliphatic heterocycles. The largest absolute Gasteiger partial charge is 0.459 e. The van der Waals surface area contributed by atoms with Crippen LogP contribution in [0.25, 0.3) is 0 Å². The van der Waals surface area contributed by atoms with Crippen molar-refractivity contribution in [1.82, 2.24) is 0 Å². The predicted molar refractivity (Wildman–Crippen MR) is 59.1 cm³/mol. The molecule has 0 aromatic rings. The van der Waals surface area contributed by atoms with Crippen molar-refractivity contribution in [2.24, 2.45) is 11.3 Å². The first-order valence-corrected chi connectivity index (χ1v) is 5.38. The number of nitrogens with two attached hydrogens (primary N) is 1. The Bertz CT molecular complexity index is 264. The Balaban J connectivity index is 5.05. The van der Waals surface area contributed by atoms with Crippen LogP contribution in [0.1, 0.15) is 47.5 Å². The van der Waals surface area contributed by atoms with Crippen LogP contribution in [0.4, 0.5) is 0 Å². The molecule has 0 heterocycles. The minimum Gasteiger partial charge on any atom is -0.459 e. The van der Waals surface area contributed by atoms with Crippen molar-refractivity contribution in [3.8, 4) is 0 Å². The summed E-state index contributed by atoms with van der Waals surface area (Å²) >= 11 is 0. The van der Waals surface area contributed by atoms with Crippen LogP contribution < -0.4 is 5.90 Å². The molecule has 2 N–H and O–H groups in total. The zero-order valence-corrected chi connectivity index (χ0v) is 10.6. The van der Waals surface area contributed by atoms with Crippen LogP contribution in [0.5, 0.6) is 0 Å². The van der Waals surface area contributed by atoms with E-state index in [-0.39, 0.29) is 0 Å². The van der Waals surface area contributed by atoms with E-state index in [4.69, 9.17) is 10.6 Å². The fraction of sp³-hybridized carbons (Fsp3) is 0.818. The van der Waals surface area contributed by atoms with Gasteiger partial charge in [0.1, 0.15) is 5.60 Å². The van der Waals surface area contributed by atoms with Crippen LogP contribution in [0.2, 0.25) is 0 Å². The van der Waals surface area contributed by atoms with Crippen LogP contribution in [0, 0.1) is 5.41 Å². The average molecular weight is 231 g/mol. The lowest BCUT2D eigenvalue weighted by Gasteiger charge is -2.30. The fourth-order valence-corrected chi connectivity index (χ4v) is 1.40. The van der Waals surface area contributed by atoms with Gasteiger partial charge >= 0.3 is 11.9 Å². The number of hydrogen-bond donors (Lipinski definition) is 1. The first kappa shape index (κ1) is 14.9. The summed E-state index contributed by atoms with van der Waals surface area (Å²) in [6.45, 7) is 8.69. The average Bonchev–Trinajstić information content (AvgIpc) is 2.17. The number of carbonyl (C=O) groups is 2. The van der Waals surface area contributed by atoms with Crippen molar-refractivity contribution in [1.29, 1.82) is 0 Å². The molecule has 0 radical (unpaired) electrons.